The zero-order valence-electron chi connectivity index (χ0n) is 7.06. The predicted octanol–water partition coefficient (Wildman–Crippen LogP) is 1.49. The lowest BCUT2D eigenvalue weighted by molar-refractivity contribution is -0.0296. The highest BCUT2D eigenvalue weighted by Crippen LogP contribution is 2.30. The van der Waals surface area contributed by atoms with Crippen LogP contribution < -0.4 is 0 Å². The maximum absolute atomic E-state index is 12.8. The summed E-state index contributed by atoms with van der Waals surface area (Å²) in [5.74, 6) is -3.92. The van der Waals surface area contributed by atoms with Crippen LogP contribution in [0.2, 0.25) is 0 Å². The fourth-order valence-electron chi connectivity index (χ4n) is 1.55. The predicted molar refractivity (Wildman–Crippen MR) is 40.8 cm³/mol. The van der Waals surface area contributed by atoms with Crippen LogP contribution in [0, 0.1) is 17.2 Å². The molecule has 0 spiro atoms. The van der Waals surface area contributed by atoms with Crippen molar-refractivity contribution in [2.75, 3.05) is 20.1 Å². The smallest absolute Gasteiger partial charge is 0.306 e. The van der Waals surface area contributed by atoms with Gasteiger partial charge >= 0.3 is 5.92 Å². The molecular formula is C8H12F2N2. The third-order valence-electron chi connectivity index (χ3n) is 2.29. The molecular weight excluding hydrogens is 162 g/mol. The number of halogens is 2. The highest BCUT2D eigenvalue weighted by molar-refractivity contribution is 4.98. The molecule has 1 aliphatic heterocycles. The van der Waals surface area contributed by atoms with Crippen molar-refractivity contribution < 1.29 is 8.78 Å². The van der Waals surface area contributed by atoms with E-state index in [0.29, 0.717) is 13.0 Å². The lowest BCUT2D eigenvalue weighted by Crippen LogP contribution is -2.40. The lowest BCUT2D eigenvalue weighted by Gasteiger charge is -2.31. The largest absolute Gasteiger partial charge is 0.335 e. The van der Waals surface area contributed by atoms with Gasteiger partial charge in [0.2, 0.25) is 0 Å². The first kappa shape index (κ1) is 9.40. The second-order valence-electron chi connectivity index (χ2n) is 3.34. The Labute approximate surface area is 70.8 Å². The summed E-state index contributed by atoms with van der Waals surface area (Å²) in [5.41, 5.74) is 0. The van der Waals surface area contributed by atoms with Gasteiger partial charge in [0.25, 0.3) is 0 Å². The molecule has 1 rings (SSSR count). The molecule has 1 aliphatic rings. The number of hydrogen-bond acceptors (Lipinski definition) is 2. The zero-order valence-corrected chi connectivity index (χ0v) is 7.06. The van der Waals surface area contributed by atoms with E-state index in [1.165, 1.54) is 0 Å². The van der Waals surface area contributed by atoms with Crippen LogP contribution in [0.25, 0.3) is 0 Å². The standard InChI is InChI=1S/C8H12F2N2/c1-12-4-2-3-7(5-12)8(9,10)6-11/h7H,2-5H2,1H3. The molecule has 12 heavy (non-hydrogen) atoms. The van der Waals surface area contributed by atoms with E-state index in [2.05, 4.69) is 0 Å². The molecule has 0 radical (unpaired) electrons. The van der Waals surface area contributed by atoms with Gasteiger partial charge < -0.3 is 4.90 Å². The monoisotopic (exact) mass is 174 g/mol. The van der Waals surface area contributed by atoms with Gasteiger partial charge in [-0.15, -0.1) is 0 Å². The topological polar surface area (TPSA) is 27.0 Å². The normalized spacial score (nSPS) is 26.7. The summed E-state index contributed by atoms with van der Waals surface area (Å²) in [6.45, 7) is 1.19. The van der Waals surface area contributed by atoms with Crippen LogP contribution in [-0.2, 0) is 0 Å². The molecule has 0 aromatic heterocycles. The summed E-state index contributed by atoms with van der Waals surface area (Å²) in [5, 5.41) is 8.21. The Hall–Kier alpha value is -0.690. The number of rotatable bonds is 1. The summed E-state index contributed by atoms with van der Waals surface area (Å²) in [4.78, 5) is 1.85. The van der Waals surface area contributed by atoms with Crippen LogP contribution in [0.5, 0.6) is 0 Å². The first-order valence-electron chi connectivity index (χ1n) is 4.04. The van der Waals surface area contributed by atoms with Gasteiger partial charge in [0.05, 0.1) is 0 Å². The average molecular weight is 174 g/mol. The first-order valence-corrected chi connectivity index (χ1v) is 4.04. The van der Waals surface area contributed by atoms with E-state index in [9.17, 15) is 8.78 Å². The van der Waals surface area contributed by atoms with Gasteiger partial charge in [-0.2, -0.15) is 14.0 Å². The minimum absolute atomic E-state index is 0.334. The first-order chi connectivity index (χ1) is 5.56. The van der Waals surface area contributed by atoms with E-state index in [1.54, 1.807) is 7.05 Å². The van der Waals surface area contributed by atoms with Crippen LogP contribution >= 0.6 is 0 Å². The van der Waals surface area contributed by atoms with Gasteiger partial charge in [-0.05, 0) is 26.4 Å². The van der Waals surface area contributed by atoms with Gasteiger partial charge in [0, 0.05) is 12.5 Å². The maximum Gasteiger partial charge on any atom is 0.335 e. The van der Waals surface area contributed by atoms with Crippen LogP contribution in [-0.4, -0.2) is 31.0 Å². The Morgan fingerprint density at radius 3 is 2.75 bits per heavy atom. The SMILES string of the molecule is CN1CCCC(C(F)(F)C#N)C1. The number of hydrogen-bond donors (Lipinski definition) is 0. The summed E-state index contributed by atoms with van der Waals surface area (Å²) in [6, 6.07) is 1.07. The maximum atomic E-state index is 12.8. The Kier molecular flexibility index (Phi) is 2.63. The molecule has 0 aromatic rings. The third-order valence-corrected chi connectivity index (χ3v) is 2.29. The fraction of sp³-hybridized carbons (Fsp3) is 0.875. The molecule has 0 saturated carbocycles. The number of piperidine rings is 1. The molecule has 68 valence electrons. The summed E-state index contributed by atoms with van der Waals surface area (Å²) < 4.78 is 25.6. The van der Waals surface area contributed by atoms with Crippen molar-refractivity contribution in [3.05, 3.63) is 0 Å². The third kappa shape index (κ3) is 1.92. The van der Waals surface area contributed by atoms with Crippen molar-refractivity contribution in [3.8, 4) is 6.07 Å². The van der Waals surface area contributed by atoms with E-state index < -0.39 is 11.8 Å². The van der Waals surface area contributed by atoms with Crippen molar-refractivity contribution in [1.82, 2.24) is 4.90 Å². The minimum Gasteiger partial charge on any atom is -0.306 e. The van der Waals surface area contributed by atoms with Crippen LogP contribution in [0.3, 0.4) is 0 Å². The van der Waals surface area contributed by atoms with Crippen molar-refractivity contribution >= 4 is 0 Å². The molecule has 2 nitrogen and oxygen atoms in total. The van der Waals surface area contributed by atoms with Gasteiger partial charge in [-0.1, -0.05) is 0 Å². The molecule has 0 bridgehead atoms. The summed E-state index contributed by atoms with van der Waals surface area (Å²) in [7, 11) is 1.81. The van der Waals surface area contributed by atoms with Crippen LogP contribution in [0.1, 0.15) is 12.8 Å². The molecule has 0 aliphatic carbocycles. The number of nitrogens with zero attached hydrogens (tertiary/aromatic N) is 2. The zero-order chi connectivity index (χ0) is 9.19. The van der Waals surface area contributed by atoms with Crippen molar-refractivity contribution in [2.45, 2.75) is 18.8 Å². The van der Waals surface area contributed by atoms with Crippen LogP contribution in [0.15, 0.2) is 0 Å². The minimum atomic E-state index is -3.14. The molecule has 0 aromatic carbocycles. The number of alkyl halides is 2. The highest BCUT2D eigenvalue weighted by atomic mass is 19.3. The Morgan fingerprint density at radius 2 is 2.25 bits per heavy atom. The molecule has 1 atom stereocenters. The quantitative estimate of drug-likeness (QED) is 0.602. The second-order valence-corrected chi connectivity index (χ2v) is 3.34. The molecule has 1 heterocycles. The molecule has 4 heteroatoms. The molecule has 1 fully saturated rings. The van der Waals surface area contributed by atoms with Gasteiger partial charge in [-0.25, -0.2) is 0 Å². The lowest BCUT2D eigenvalue weighted by atomic mass is 9.93. The number of nitriles is 1. The molecule has 0 amide bonds. The van der Waals surface area contributed by atoms with Gasteiger partial charge in [0.15, 0.2) is 0 Å². The second kappa shape index (κ2) is 3.36. The van der Waals surface area contributed by atoms with E-state index in [4.69, 9.17) is 5.26 Å². The Bertz CT molecular complexity index is 198. The Morgan fingerprint density at radius 1 is 1.58 bits per heavy atom. The van der Waals surface area contributed by atoms with Gasteiger partial charge in [-0.3, -0.25) is 0 Å². The van der Waals surface area contributed by atoms with E-state index in [1.807, 2.05) is 4.90 Å². The highest BCUT2D eigenvalue weighted by Gasteiger charge is 2.41. The van der Waals surface area contributed by atoms with Crippen molar-refractivity contribution in [1.29, 1.82) is 5.26 Å². The summed E-state index contributed by atoms with van der Waals surface area (Å²) in [6.07, 6.45) is 1.23. The van der Waals surface area contributed by atoms with Crippen molar-refractivity contribution in [2.24, 2.45) is 5.92 Å². The van der Waals surface area contributed by atoms with Crippen LogP contribution in [0.4, 0.5) is 8.78 Å². The average Bonchev–Trinajstić information content (AvgIpc) is 2.05. The Balaban J connectivity index is 2.58. The molecule has 1 unspecified atom stereocenters. The fourth-order valence-corrected chi connectivity index (χ4v) is 1.55. The van der Waals surface area contributed by atoms with Crippen molar-refractivity contribution in [3.63, 3.8) is 0 Å². The summed E-state index contributed by atoms with van der Waals surface area (Å²) >= 11 is 0. The molecule has 0 N–H and O–H groups in total. The molecule has 1 saturated heterocycles. The van der Waals surface area contributed by atoms with E-state index in [0.717, 1.165) is 19.0 Å². The van der Waals surface area contributed by atoms with E-state index >= 15 is 0 Å². The van der Waals surface area contributed by atoms with E-state index in [-0.39, 0.29) is 0 Å². The number of likely N-dealkylation sites (tertiary alicyclic amines) is 1. The van der Waals surface area contributed by atoms with Gasteiger partial charge in [0.1, 0.15) is 6.07 Å².